The van der Waals surface area contributed by atoms with Gasteiger partial charge in [-0.15, -0.1) is 0 Å². The standard InChI is InChI=1S/C9H15ClFN/c1-8(10)6-12-5-3-2-4-9(11)7-12/h9H,1-7H2. The molecule has 1 rings (SSSR count). The average molecular weight is 192 g/mol. The molecule has 0 radical (unpaired) electrons. The van der Waals surface area contributed by atoms with Crippen LogP contribution in [-0.4, -0.2) is 30.7 Å². The van der Waals surface area contributed by atoms with Crippen LogP contribution in [-0.2, 0) is 0 Å². The zero-order valence-corrected chi connectivity index (χ0v) is 7.99. The maximum Gasteiger partial charge on any atom is 0.113 e. The van der Waals surface area contributed by atoms with E-state index >= 15 is 0 Å². The molecular formula is C9H15ClFN. The van der Waals surface area contributed by atoms with Crippen LogP contribution in [0, 0.1) is 0 Å². The van der Waals surface area contributed by atoms with E-state index in [9.17, 15) is 4.39 Å². The fourth-order valence-corrected chi connectivity index (χ4v) is 1.72. The molecule has 0 amide bonds. The van der Waals surface area contributed by atoms with Gasteiger partial charge in [0.1, 0.15) is 6.17 Å². The van der Waals surface area contributed by atoms with Gasteiger partial charge >= 0.3 is 0 Å². The lowest BCUT2D eigenvalue weighted by atomic mass is 10.2. The first-order chi connectivity index (χ1) is 5.68. The van der Waals surface area contributed by atoms with Gasteiger partial charge in [-0.05, 0) is 25.8 Å². The summed E-state index contributed by atoms with van der Waals surface area (Å²) in [6.07, 6.45) is 2.09. The Bertz CT molecular complexity index is 161. The molecule has 70 valence electrons. The van der Waals surface area contributed by atoms with E-state index in [1.165, 1.54) is 0 Å². The van der Waals surface area contributed by atoms with Gasteiger partial charge in [0.15, 0.2) is 0 Å². The van der Waals surface area contributed by atoms with Gasteiger partial charge in [-0.3, -0.25) is 4.90 Å². The molecule has 1 heterocycles. The minimum absolute atomic E-state index is 0.520. The van der Waals surface area contributed by atoms with E-state index in [-0.39, 0.29) is 0 Å². The van der Waals surface area contributed by atoms with E-state index in [0.29, 0.717) is 24.5 Å². The van der Waals surface area contributed by atoms with E-state index in [0.717, 1.165) is 19.4 Å². The Labute approximate surface area is 78.2 Å². The Hall–Kier alpha value is -0.0800. The van der Waals surface area contributed by atoms with Crippen molar-refractivity contribution >= 4 is 11.6 Å². The van der Waals surface area contributed by atoms with Crippen LogP contribution in [0.4, 0.5) is 4.39 Å². The summed E-state index contributed by atoms with van der Waals surface area (Å²) >= 11 is 5.65. The monoisotopic (exact) mass is 191 g/mol. The molecule has 1 atom stereocenters. The lowest BCUT2D eigenvalue weighted by molar-refractivity contribution is 0.220. The third kappa shape index (κ3) is 3.55. The van der Waals surface area contributed by atoms with Crippen molar-refractivity contribution < 1.29 is 4.39 Å². The third-order valence-electron chi connectivity index (χ3n) is 2.09. The van der Waals surface area contributed by atoms with E-state index in [4.69, 9.17) is 11.6 Å². The second-order valence-electron chi connectivity index (χ2n) is 3.35. The van der Waals surface area contributed by atoms with Crippen molar-refractivity contribution in [1.82, 2.24) is 4.90 Å². The molecule has 0 aromatic rings. The second kappa shape index (κ2) is 4.83. The van der Waals surface area contributed by atoms with Gasteiger partial charge in [-0.1, -0.05) is 18.2 Å². The summed E-state index contributed by atoms with van der Waals surface area (Å²) in [7, 11) is 0. The highest BCUT2D eigenvalue weighted by atomic mass is 35.5. The van der Waals surface area contributed by atoms with Gasteiger partial charge in [-0.2, -0.15) is 0 Å². The predicted molar refractivity (Wildman–Crippen MR) is 50.2 cm³/mol. The smallest absolute Gasteiger partial charge is 0.113 e. The Balaban J connectivity index is 2.35. The zero-order valence-electron chi connectivity index (χ0n) is 7.23. The molecule has 0 spiro atoms. The number of nitrogens with zero attached hydrogens (tertiary/aromatic N) is 1. The first kappa shape index (κ1) is 10.0. The normalized spacial score (nSPS) is 26.7. The van der Waals surface area contributed by atoms with Crippen molar-refractivity contribution in [2.45, 2.75) is 25.4 Å². The Morgan fingerprint density at radius 1 is 1.58 bits per heavy atom. The van der Waals surface area contributed by atoms with Gasteiger partial charge in [-0.25, -0.2) is 4.39 Å². The summed E-state index contributed by atoms with van der Waals surface area (Å²) in [6, 6.07) is 0. The summed E-state index contributed by atoms with van der Waals surface area (Å²) in [4.78, 5) is 2.03. The highest BCUT2D eigenvalue weighted by Gasteiger charge is 2.16. The Morgan fingerprint density at radius 3 is 3.00 bits per heavy atom. The Kier molecular flexibility index (Phi) is 4.02. The number of hydrogen-bond donors (Lipinski definition) is 0. The van der Waals surface area contributed by atoms with Crippen molar-refractivity contribution in [3.63, 3.8) is 0 Å². The van der Waals surface area contributed by atoms with Crippen molar-refractivity contribution in [3.8, 4) is 0 Å². The molecule has 12 heavy (non-hydrogen) atoms. The maximum atomic E-state index is 13.0. The highest BCUT2D eigenvalue weighted by Crippen LogP contribution is 2.14. The van der Waals surface area contributed by atoms with Crippen LogP contribution in [0.1, 0.15) is 19.3 Å². The number of likely N-dealkylation sites (tertiary alicyclic amines) is 1. The molecule has 0 N–H and O–H groups in total. The van der Waals surface area contributed by atoms with Crippen LogP contribution >= 0.6 is 11.6 Å². The Morgan fingerprint density at radius 2 is 2.33 bits per heavy atom. The van der Waals surface area contributed by atoms with Crippen LogP contribution in [0.15, 0.2) is 11.6 Å². The summed E-state index contributed by atoms with van der Waals surface area (Å²) in [5.74, 6) is 0. The van der Waals surface area contributed by atoms with Gasteiger partial charge in [0.25, 0.3) is 0 Å². The van der Waals surface area contributed by atoms with Crippen LogP contribution in [0.2, 0.25) is 0 Å². The number of rotatable bonds is 2. The van der Waals surface area contributed by atoms with Crippen LogP contribution in [0.5, 0.6) is 0 Å². The van der Waals surface area contributed by atoms with E-state index < -0.39 is 6.17 Å². The van der Waals surface area contributed by atoms with E-state index in [2.05, 4.69) is 6.58 Å². The van der Waals surface area contributed by atoms with Crippen molar-refractivity contribution in [1.29, 1.82) is 0 Å². The number of alkyl halides is 1. The topological polar surface area (TPSA) is 3.24 Å². The number of halogens is 2. The highest BCUT2D eigenvalue weighted by molar-refractivity contribution is 6.29. The first-order valence-corrected chi connectivity index (χ1v) is 4.76. The molecule has 1 saturated heterocycles. The lowest BCUT2D eigenvalue weighted by Crippen LogP contribution is -2.30. The maximum absolute atomic E-state index is 13.0. The average Bonchev–Trinajstić information content (AvgIpc) is 2.12. The van der Waals surface area contributed by atoms with Gasteiger partial charge in [0.05, 0.1) is 0 Å². The summed E-state index contributed by atoms with van der Waals surface area (Å²) < 4.78 is 13.0. The van der Waals surface area contributed by atoms with Crippen molar-refractivity contribution in [2.24, 2.45) is 0 Å². The van der Waals surface area contributed by atoms with Crippen LogP contribution in [0.3, 0.4) is 0 Å². The van der Waals surface area contributed by atoms with E-state index in [1.807, 2.05) is 4.90 Å². The fourth-order valence-electron chi connectivity index (χ4n) is 1.55. The minimum Gasteiger partial charge on any atom is -0.295 e. The molecule has 1 nitrogen and oxygen atoms in total. The quantitative estimate of drug-likeness (QED) is 0.649. The summed E-state index contributed by atoms with van der Waals surface area (Å²) in [5, 5.41) is 0.601. The molecule has 1 aliphatic rings. The summed E-state index contributed by atoms with van der Waals surface area (Å²) in [6.45, 7) is 5.70. The second-order valence-corrected chi connectivity index (χ2v) is 3.88. The van der Waals surface area contributed by atoms with Gasteiger partial charge in [0, 0.05) is 18.1 Å². The van der Waals surface area contributed by atoms with Crippen LogP contribution in [0.25, 0.3) is 0 Å². The summed E-state index contributed by atoms with van der Waals surface area (Å²) in [5.41, 5.74) is 0. The van der Waals surface area contributed by atoms with Gasteiger partial charge < -0.3 is 0 Å². The minimum atomic E-state index is -0.677. The molecule has 0 bridgehead atoms. The van der Waals surface area contributed by atoms with Crippen molar-refractivity contribution in [2.75, 3.05) is 19.6 Å². The molecule has 1 fully saturated rings. The molecule has 0 saturated carbocycles. The van der Waals surface area contributed by atoms with Gasteiger partial charge in [0.2, 0.25) is 0 Å². The lowest BCUT2D eigenvalue weighted by Gasteiger charge is -2.19. The fraction of sp³-hybridized carbons (Fsp3) is 0.778. The van der Waals surface area contributed by atoms with Crippen molar-refractivity contribution in [3.05, 3.63) is 11.6 Å². The molecule has 0 aromatic heterocycles. The van der Waals surface area contributed by atoms with E-state index in [1.54, 1.807) is 0 Å². The first-order valence-electron chi connectivity index (χ1n) is 4.38. The molecule has 1 unspecified atom stereocenters. The SMILES string of the molecule is C=C(Cl)CN1CCCCC(F)C1. The molecule has 0 aromatic carbocycles. The third-order valence-corrected chi connectivity index (χ3v) is 2.21. The molecule has 1 aliphatic heterocycles. The predicted octanol–water partition coefficient (Wildman–Crippen LogP) is 2.56. The molecule has 3 heteroatoms. The van der Waals surface area contributed by atoms with Crippen LogP contribution < -0.4 is 0 Å². The largest absolute Gasteiger partial charge is 0.295 e. The molecular weight excluding hydrogens is 177 g/mol. The number of hydrogen-bond acceptors (Lipinski definition) is 1. The zero-order chi connectivity index (χ0) is 8.97. The molecule has 0 aliphatic carbocycles.